The van der Waals surface area contributed by atoms with Crippen LogP contribution in [0, 0.1) is 5.92 Å². The van der Waals surface area contributed by atoms with E-state index in [1.54, 1.807) is 12.1 Å². The zero-order valence-electron chi connectivity index (χ0n) is 10.5. The summed E-state index contributed by atoms with van der Waals surface area (Å²) in [5, 5.41) is 9.26. The first-order valence-corrected chi connectivity index (χ1v) is 6.83. The second kappa shape index (κ2) is 4.63. The standard InChI is InChI=1S/C15H19NO2/c17-12-6-4-11(5-7-12)13-10-14(13)15(18)16-8-2-1-3-9-16/h4-7,13-14,17H,1-3,8-10H2. The molecule has 96 valence electrons. The third kappa shape index (κ3) is 2.22. The number of carbonyl (C=O) groups is 1. The maximum absolute atomic E-state index is 12.3. The fourth-order valence-electron chi connectivity index (χ4n) is 2.91. The Labute approximate surface area is 107 Å². The highest BCUT2D eigenvalue weighted by Gasteiger charge is 2.45. The second-order valence-electron chi connectivity index (χ2n) is 5.43. The number of carbonyl (C=O) groups excluding carboxylic acids is 1. The molecular formula is C15H19NO2. The molecule has 1 N–H and O–H groups in total. The highest BCUT2D eigenvalue weighted by atomic mass is 16.3. The second-order valence-corrected chi connectivity index (χ2v) is 5.43. The van der Waals surface area contributed by atoms with Gasteiger partial charge in [0.2, 0.25) is 5.91 Å². The average Bonchev–Trinajstić information content (AvgIpc) is 3.20. The summed E-state index contributed by atoms with van der Waals surface area (Å²) < 4.78 is 0. The third-order valence-corrected chi connectivity index (χ3v) is 4.10. The zero-order chi connectivity index (χ0) is 12.5. The van der Waals surface area contributed by atoms with Crippen molar-refractivity contribution >= 4 is 5.91 Å². The Morgan fingerprint density at radius 2 is 1.78 bits per heavy atom. The minimum atomic E-state index is 0.188. The van der Waals surface area contributed by atoms with Crippen molar-refractivity contribution in [2.75, 3.05) is 13.1 Å². The molecule has 1 aliphatic heterocycles. The van der Waals surface area contributed by atoms with Gasteiger partial charge in [-0.25, -0.2) is 0 Å². The molecule has 3 heteroatoms. The van der Waals surface area contributed by atoms with Gasteiger partial charge in [0.1, 0.15) is 5.75 Å². The number of hydrogen-bond acceptors (Lipinski definition) is 2. The number of likely N-dealkylation sites (tertiary alicyclic amines) is 1. The van der Waals surface area contributed by atoms with E-state index in [-0.39, 0.29) is 5.92 Å². The Morgan fingerprint density at radius 1 is 1.11 bits per heavy atom. The van der Waals surface area contributed by atoms with E-state index in [2.05, 4.69) is 0 Å². The summed E-state index contributed by atoms with van der Waals surface area (Å²) in [7, 11) is 0. The molecule has 0 radical (unpaired) electrons. The highest BCUT2D eigenvalue weighted by Crippen LogP contribution is 2.48. The Kier molecular flexibility index (Phi) is 2.98. The largest absolute Gasteiger partial charge is 0.508 e. The van der Waals surface area contributed by atoms with E-state index in [1.807, 2.05) is 17.0 Å². The smallest absolute Gasteiger partial charge is 0.226 e. The van der Waals surface area contributed by atoms with E-state index in [0.29, 0.717) is 17.6 Å². The summed E-state index contributed by atoms with van der Waals surface area (Å²) in [4.78, 5) is 14.3. The van der Waals surface area contributed by atoms with E-state index in [0.717, 1.165) is 32.4 Å². The van der Waals surface area contributed by atoms with E-state index in [9.17, 15) is 9.90 Å². The molecule has 1 saturated carbocycles. The fourth-order valence-corrected chi connectivity index (χ4v) is 2.91. The molecule has 1 saturated heterocycles. The molecule has 1 heterocycles. The van der Waals surface area contributed by atoms with Gasteiger partial charge in [-0.1, -0.05) is 12.1 Å². The lowest BCUT2D eigenvalue weighted by Crippen LogP contribution is -2.36. The molecule has 2 fully saturated rings. The lowest BCUT2D eigenvalue weighted by molar-refractivity contribution is -0.133. The van der Waals surface area contributed by atoms with E-state index in [1.165, 1.54) is 12.0 Å². The van der Waals surface area contributed by atoms with Gasteiger partial charge in [0, 0.05) is 19.0 Å². The molecule has 18 heavy (non-hydrogen) atoms. The number of aromatic hydroxyl groups is 1. The summed E-state index contributed by atoms with van der Waals surface area (Å²) >= 11 is 0. The van der Waals surface area contributed by atoms with Crippen molar-refractivity contribution in [2.45, 2.75) is 31.6 Å². The van der Waals surface area contributed by atoms with Crippen LogP contribution in [0.4, 0.5) is 0 Å². The van der Waals surface area contributed by atoms with Crippen molar-refractivity contribution in [3.8, 4) is 5.75 Å². The van der Waals surface area contributed by atoms with Crippen LogP contribution < -0.4 is 0 Å². The number of piperidine rings is 1. The molecule has 2 aliphatic rings. The molecule has 2 unspecified atom stereocenters. The third-order valence-electron chi connectivity index (χ3n) is 4.10. The van der Waals surface area contributed by atoms with Gasteiger partial charge < -0.3 is 10.0 Å². The fraction of sp³-hybridized carbons (Fsp3) is 0.533. The SMILES string of the molecule is O=C(C1CC1c1ccc(O)cc1)N1CCCCC1. The monoisotopic (exact) mass is 245 g/mol. The van der Waals surface area contributed by atoms with Gasteiger partial charge in [0.05, 0.1) is 0 Å². The number of rotatable bonds is 2. The van der Waals surface area contributed by atoms with Crippen molar-refractivity contribution in [2.24, 2.45) is 5.92 Å². The van der Waals surface area contributed by atoms with Crippen LogP contribution in [-0.2, 0) is 4.79 Å². The lowest BCUT2D eigenvalue weighted by atomic mass is 10.1. The Balaban J connectivity index is 1.63. The van der Waals surface area contributed by atoms with Gasteiger partial charge in [-0.3, -0.25) is 4.79 Å². The van der Waals surface area contributed by atoms with Crippen LogP contribution in [0.15, 0.2) is 24.3 Å². The maximum Gasteiger partial charge on any atom is 0.226 e. The quantitative estimate of drug-likeness (QED) is 0.869. The van der Waals surface area contributed by atoms with Gasteiger partial charge >= 0.3 is 0 Å². The average molecular weight is 245 g/mol. The van der Waals surface area contributed by atoms with E-state index >= 15 is 0 Å². The van der Waals surface area contributed by atoms with Crippen molar-refractivity contribution in [1.29, 1.82) is 0 Å². The zero-order valence-corrected chi connectivity index (χ0v) is 10.5. The number of benzene rings is 1. The minimum absolute atomic E-state index is 0.188. The van der Waals surface area contributed by atoms with Crippen LogP contribution in [0.3, 0.4) is 0 Å². The van der Waals surface area contributed by atoms with Crippen molar-refractivity contribution in [3.05, 3.63) is 29.8 Å². The number of nitrogens with zero attached hydrogens (tertiary/aromatic N) is 1. The van der Waals surface area contributed by atoms with Crippen LogP contribution in [0.2, 0.25) is 0 Å². The van der Waals surface area contributed by atoms with Crippen molar-refractivity contribution in [3.63, 3.8) is 0 Å². The van der Waals surface area contributed by atoms with Crippen LogP contribution >= 0.6 is 0 Å². The molecule has 2 atom stereocenters. The maximum atomic E-state index is 12.3. The Bertz CT molecular complexity index is 434. The molecule has 0 spiro atoms. The normalized spacial score (nSPS) is 27.0. The van der Waals surface area contributed by atoms with Gasteiger partial charge in [-0.05, 0) is 49.3 Å². The van der Waals surface area contributed by atoms with E-state index < -0.39 is 0 Å². The highest BCUT2D eigenvalue weighted by molar-refractivity contribution is 5.83. The first-order chi connectivity index (χ1) is 8.75. The van der Waals surface area contributed by atoms with Gasteiger partial charge in [0.25, 0.3) is 0 Å². The Hall–Kier alpha value is -1.51. The summed E-state index contributed by atoms with van der Waals surface area (Å²) in [6, 6.07) is 7.28. The van der Waals surface area contributed by atoms with Crippen molar-refractivity contribution in [1.82, 2.24) is 4.90 Å². The molecule has 0 bridgehead atoms. The molecule has 1 amide bonds. The molecule has 0 aromatic heterocycles. The number of phenols is 1. The summed E-state index contributed by atoms with van der Waals surface area (Å²) in [6.45, 7) is 1.88. The van der Waals surface area contributed by atoms with Crippen LogP contribution in [0.5, 0.6) is 5.75 Å². The first-order valence-electron chi connectivity index (χ1n) is 6.83. The van der Waals surface area contributed by atoms with Crippen molar-refractivity contribution < 1.29 is 9.90 Å². The van der Waals surface area contributed by atoms with Gasteiger partial charge in [0.15, 0.2) is 0 Å². The van der Waals surface area contributed by atoms with E-state index in [4.69, 9.17) is 0 Å². The van der Waals surface area contributed by atoms with Crippen LogP contribution in [0.1, 0.15) is 37.2 Å². The van der Waals surface area contributed by atoms with Gasteiger partial charge in [-0.15, -0.1) is 0 Å². The number of amides is 1. The lowest BCUT2D eigenvalue weighted by Gasteiger charge is -2.26. The topological polar surface area (TPSA) is 40.5 Å². The molecule has 1 aromatic carbocycles. The predicted molar refractivity (Wildman–Crippen MR) is 69.4 cm³/mol. The molecule has 1 aromatic rings. The molecule has 1 aliphatic carbocycles. The molecule has 3 rings (SSSR count). The summed E-state index contributed by atoms with van der Waals surface area (Å²) in [5.41, 5.74) is 1.18. The van der Waals surface area contributed by atoms with Crippen LogP contribution in [0.25, 0.3) is 0 Å². The summed E-state index contributed by atoms with van der Waals surface area (Å²) in [5.74, 6) is 1.19. The molecule has 3 nitrogen and oxygen atoms in total. The van der Waals surface area contributed by atoms with Crippen LogP contribution in [-0.4, -0.2) is 29.0 Å². The number of phenolic OH excluding ortho intramolecular Hbond substituents is 1. The minimum Gasteiger partial charge on any atom is -0.508 e. The predicted octanol–water partition coefficient (Wildman–Crippen LogP) is 2.51. The molecular weight excluding hydrogens is 226 g/mol. The first kappa shape index (κ1) is 11.6. The van der Waals surface area contributed by atoms with Gasteiger partial charge in [-0.2, -0.15) is 0 Å². The Morgan fingerprint density at radius 3 is 2.44 bits per heavy atom. The number of hydrogen-bond donors (Lipinski definition) is 1. The summed E-state index contributed by atoms with van der Waals surface area (Å²) in [6.07, 6.45) is 4.54.